The van der Waals surface area contributed by atoms with E-state index in [1.54, 1.807) is 0 Å². The lowest BCUT2D eigenvalue weighted by molar-refractivity contribution is -0.385. The zero-order valence-electron chi connectivity index (χ0n) is 9.48. The molecule has 1 amide bonds. The average Bonchev–Trinajstić information content (AvgIpc) is 2.25. The van der Waals surface area contributed by atoms with Crippen molar-refractivity contribution < 1.29 is 9.72 Å². The van der Waals surface area contributed by atoms with Gasteiger partial charge in [0.25, 0.3) is 5.91 Å². The highest BCUT2D eigenvalue weighted by Crippen LogP contribution is 2.28. The maximum atomic E-state index is 11.9. The van der Waals surface area contributed by atoms with Crippen molar-refractivity contribution in [1.82, 2.24) is 10.6 Å². The minimum atomic E-state index is -0.637. The molecule has 1 aromatic carbocycles. The van der Waals surface area contributed by atoms with Gasteiger partial charge in [-0.15, -0.1) is 0 Å². The van der Waals surface area contributed by atoms with Crippen LogP contribution in [-0.2, 0) is 0 Å². The first-order valence-electron chi connectivity index (χ1n) is 5.51. The molecule has 0 spiro atoms. The number of nitrogens with one attached hydrogen (secondary N) is 2. The molecule has 1 aliphatic rings. The van der Waals surface area contributed by atoms with E-state index in [1.807, 2.05) is 0 Å². The number of benzene rings is 1. The maximum Gasteiger partial charge on any atom is 0.300 e. The van der Waals surface area contributed by atoms with Gasteiger partial charge in [0.2, 0.25) is 0 Å². The third kappa shape index (κ3) is 2.60. The third-order valence-corrected chi connectivity index (χ3v) is 3.14. The molecular weight excluding hydrogens is 258 g/mol. The molecule has 7 heteroatoms. The van der Waals surface area contributed by atoms with Crippen molar-refractivity contribution in [2.24, 2.45) is 5.92 Å². The van der Waals surface area contributed by atoms with Gasteiger partial charge in [-0.2, -0.15) is 0 Å². The lowest BCUT2D eigenvalue weighted by Crippen LogP contribution is -2.48. The second-order valence-corrected chi connectivity index (χ2v) is 4.53. The van der Waals surface area contributed by atoms with Crippen molar-refractivity contribution in [2.45, 2.75) is 0 Å². The fourth-order valence-corrected chi connectivity index (χ4v) is 1.95. The van der Waals surface area contributed by atoms with E-state index in [2.05, 4.69) is 10.6 Å². The Hall–Kier alpha value is -1.66. The highest BCUT2D eigenvalue weighted by Gasteiger charge is 2.24. The summed E-state index contributed by atoms with van der Waals surface area (Å²) < 4.78 is 0. The quantitative estimate of drug-likeness (QED) is 0.635. The van der Waals surface area contributed by atoms with Gasteiger partial charge in [0.05, 0.1) is 4.92 Å². The minimum Gasteiger partial charge on any atom is -0.351 e. The highest BCUT2D eigenvalue weighted by atomic mass is 35.5. The van der Waals surface area contributed by atoms with Gasteiger partial charge in [-0.3, -0.25) is 14.9 Å². The molecule has 0 saturated carbocycles. The summed E-state index contributed by atoms with van der Waals surface area (Å²) in [5.74, 6) is -0.0664. The number of para-hydroxylation sites is 1. The first-order valence-corrected chi connectivity index (χ1v) is 5.89. The Morgan fingerprint density at radius 1 is 1.56 bits per heavy atom. The highest BCUT2D eigenvalue weighted by molar-refractivity contribution is 6.33. The number of halogens is 1. The normalized spacial score (nSPS) is 14.9. The Morgan fingerprint density at radius 3 is 2.83 bits per heavy atom. The van der Waals surface area contributed by atoms with Crippen molar-refractivity contribution in [3.8, 4) is 0 Å². The van der Waals surface area contributed by atoms with E-state index in [9.17, 15) is 14.9 Å². The molecule has 1 saturated heterocycles. The Labute approximate surface area is 108 Å². The van der Waals surface area contributed by atoms with E-state index < -0.39 is 10.8 Å². The Balaban J connectivity index is 2.13. The van der Waals surface area contributed by atoms with Crippen LogP contribution in [0.25, 0.3) is 0 Å². The van der Waals surface area contributed by atoms with Crippen LogP contribution in [0.3, 0.4) is 0 Å². The van der Waals surface area contributed by atoms with Gasteiger partial charge >= 0.3 is 5.69 Å². The fraction of sp³-hybridized carbons (Fsp3) is 0.364. The second kappa shape index (κ2) is 5.32. The molecule has 6 nitrogen and oxygen atoms in total. The fourth-order valence-electron chi connectivity index (χ4n) is 1.71. The largest absolute Gasteiger partial charge is 0.351 e. The van der Waals surface area contributed by atoms with Crippen molar-refractivity contribution in [1.29, 1.82) is 0 Å². The van der Waals surface area contributed by atoms with E-state index in [4.69, 9.17) is 11.6 Å². The summed E-state index contributed by atoms with van der Waals surface area (Å²) in [6.45, 7) is 2.23. The van der Waals surface area contributed by atoms with Crippen LogP contribution >= 0.6 is 11.6 Å². The van der Waals surface area contributed by atoms with Gasteiger partial charge in [0.1, 0.15) is 10.6 Å². The van der Waals surface area contributed by atoms with Crippen LogP contribution in [-0.4, -0.2) is 30.5 Å². The number of rotatable bonds is 4. The number of carbonyl (C=O) groups excluding carboxylic acids is 1. The maximum absolute atomic E-state index is 11.9. The molecule has 0 aromatic heterocycles. The van der Waals surface area contributed by atoms with Crippen molar-refractivity contribution in [3.63, 3.8) is 0 Å². The standard InChI is InChI=1S/C11H12ClN3O3/c12-9-3-1-2-8(10(9)15(17)18)11(16)14-6-7-4-13-5-7/h1-3,7,13H,4-6H2,(H,14,16). The number of nitro benzene ring substituents is 1. The molecular formula is C11H12ClN3O3. The molecule has 1 aromatic rings. The minimum absolute atomic E-state index is 0.000201. The summed E-state index contributed by atoms with van der Waals surface area (Å²) in [4.78, 5) is 22.1. The predicted molar refractivity (Wildman–Crippen MR) is 66.8 cm³/mol. The van der Waals surface area contributed by atoms with Crippen molar-refractivity contribution >= 4 is 23.2 Å². The Bertz CT molecular complexity index is 488. The number of carbonyl (C=O) groups is 1. The molecule has 18 heavy (non-hydrogen) atoms. The van der Waals surface area contributed by atoms with Crippen LogP contribution in [0.15, 0.2) is 18.2 Å². The van der Waals surface area contributed by atoms with Crippen LogP contribution in [0.5, 0.6) is 0 Å². The lowest BCUT2D eigenvalue weighted by Gasteiger charge is -2.27. The second-order valence-electron chi connectivity index (χ2n) is 4.13. The molecule has 0 radical (unpaired) electrons. The Kier molecular flexibility index (Phi) is 3.78. The number of nitro groups is 1. The van der Waals surface area contributed by atoms with Gasteiger partial charge < -0.3 is 10.6 Å². The summed E-state index contributed by atoms with van der Waals surface area (Å²) in [5.41, 5.74) is -0.344. The van der Waals surface area contributed by atoms with Gasteiger partial charge in [-0.05, 0) is 12.1 Å². The molecule has 0 unspecified atom stereocenters. The van der Waals surface area contributed by atoms with Crippen molar-refractivity contribution in [2.75, 3.05) is 19.6 Å². The molecule has 1 heterocycles. The Morgan fingerprint density at radius 2 is 2.28 bits per heavy atom. The molecule has 1 aliphatic heterocycles. The average molecular weight is 270 g/mol. The van der Waals surface area contributed by atoms with Gasteiger partial charge in [-0.25, -0.2) is 0 Å². The molecule has 2 N–H and O–H groups in total. The van der Waals surface area contributed by atoms with Gasteiger partial charge in [-0.1, -0.05) is 17.7 Å². The first-order chi connectivity index (χ1) is 8.59. The first kappa shape index (κ1) is 12.8. The number of amides is 1. The summed E-state index contributed by atoms with van der Waals surface area (Å²) in [5, 5.41) is 16.6. The number of nitrogens with zero attached hydrogens (tertiary/aromatic N) is 1. The summed E-state index contributed by atoms with van der Waals surface area (Å²) in [6, 6.07) is 4.32. The smallest absolute Gasteiger partial charge is 0.300 e. The molecule has 0 aliphatic carbocycles. The van der Waals surface area contributed by atoms with Crippen LogP contribution in [0, 0.1) is 16.0 Å². The number of hydrogen-bond donors (Lipinski definition) is 2. The van der Waals surface area contributed by atoms with E-state index in [-0.39, 0.29) is 16.3 Å². The zero-order valence-corrected chi connectivity index (χ0v) is 10.2. The topological polar surface area (TPSA) is 84.3 Å². The number of hydrogen-bond acceptors (Lipinski definition) is 4. The van der Waals surface area contributed by atoms with Gasteiger partial charge in [0.15, 0.2) is 0 Å². The van der Waals surface area contributed by atoms with Crippen LogP contribution < -0.4 is 10.6 Å². The van der Waals surface area contributed by atoms with Gasteiger partial charge in [0, 0.05) is 25.6 Å². The van der Waals surface area contributed by atoms with E-state index >= 15 is 0 Å². The van der Waals surface area contributed by atoms with E-state index in [1.165, 1.54) is 18.2 Å². The summed E-state index contributed by atoms with van der Waals surface area (Å²) in [7, 11) is 0. The SMILES string of the molecule is O=C(NCC1CNC1)c1cccc(Cl)c1[N+](=O)[O-]. The van der Waals surface area contributed by atoms with E-state index in [0.717, 1.165) is 13.1 Å². The molecule has 0 atom stereocenters. The lowest BCUT2D eigenvalue weighted by atomic mass is 10.0. The van der Waals surface area contributed by atoms with Crippen LogP contribution in [0.4, 0.5) is 5.69 Å². The summed E-state index contributed by atoms with van der Waals surface area (Å²) in [6.07, 6.45) is 0. The zero-order chi connectivity index (χ0) is 13.1. The molecule has 2 rings (SSSR count). The summed E-state index contributed by atoms with van der Waals surface area (Å²) >= 11 is 5.74. The molecule has 96 valence electrons. The third-order valence-electron chi connectivity index (χ3n) is 2.83. The van der Waals surface area contributed by atoms with Crippen molar-refractivity contribution in [3.05, 3.63) is 38.9 Å². The molecule has 0 bridgehead atoms. The van der Waals surface area contributed by atoms with E-state index in [0.29, 0.717) is 12.5 Å². The molecule has 1 fully saturated rings. The van der Waals surface area contributed by atoms with Crippen LogP contribution in [0.1, 0.15) is 10.4 Å². The monoisotopic (exact) mass is 269 g/mol. The predicted octanol–water partition coefficient (Wildman–Crippen LogP) is 1.20. The van der Waals surface area contributed by atoms with Crippen LogP contribution in [0.2, 0.25) is 5.02 Å².